The van der Waals surface area contributed by atoms with Gasteiger partial charge in [-0.2, -0.15) is 0 Å². The molecule has 1 aromatic rings. The first-order chi connectivity index (χ1) is 7.66. The molecule has 0 aliphatic carbocycles. The molecule has 3 heteroatoms. The van der Waals surface area contributed by atoms with E-state index in [1.807, 2.05) is 25.2 Å². The number of amides is 1. The van der Waals surface area contributed by atoms with Crippen LogP contribution in [0.3, 0.4) is 0 Å². The van der Waals surface area contributed by atoms with Crippen molar-refractivity contribution < 1.29 is 4.79 Å². The molecule has 0 saturated carbocycles. The van der Waals surface area contributed by atoms with Crippen molar-refractivity contribution in [1.29, 1.82) is 0 Å². The molecule has 0 aromatic heterocycles. The molecule has 0 saturated heterocycles. The third-order valence-corrected chi connectivity index (χ3v) is 3.73. The highest BCUT2D eigenvalue weighted by molar-refractivity contribution is 8.13. The fraction of sp³-hybridized carbons (Fsp3) is 0.462. The topological polar surface area (TPSA) is 20.3 Å². The van der Waals surface area contributed by atoms with Crippen molar-refractivity contribution in [2.75, 3.05) is 12.8 Å². The summed E-state index contributed by atoms with van der Waals surface area (Å²) in [4.78, 5) is 13.6. The summed E-state index contributed by atoms with van der Waals surface area (Å²) in [5.74, 6) is 0.894. The summed E-state index contributed by atoms with van der Waals surface area (Å²) in [7, 11) is 1.86. The zero-order chi connectivity index (χ0) is 12.0. The minimum atomic E-state index is 0.137. The molecule has 88 valence electrons. The molecule has 0 spiro atoms. The number of thioether (sulfide) groups is 1. The largest absolute Gasteiger partial charge is 0.330 e. The Hall–Kier alpha value is -0.960. The van der Waals surface area contributed by atoms with Crippen molar-refractivity contribution in [1.82, 2.24) is 4.90 Å². The van der Waals surface area contributed by atoms with Gasteiger partial charge in [0.05, 0.1) is 6.04 Å². The Morgan fingerprint density at radius 1 is 1.38 bits per heavy atom. The standard InChI is InChI=1S/C13H19NOS/c1-4-10-16-13(15)14(3)11(2)12-8-6-5-7-9-12/h5-9,11H,4,10H2,1-3H3. The van der Waals surface area contributed by atoms with Crippen LogP contribution in [0.25, 0.3) is 0 Å². The summed E-state index contributed by atoms with van der Waals surface area (Å²) in [5.41, 5.74) is 1.18. The van der Waals surface area contributed by atoms with Crippen molar-refractivity contribution in [2.45, 2.75) is 26.3 Å². The summed E-state index contributed by atoms with van der Waals surface area (Å²) in [6, 6.07) is 10.2. The molecular formula is C13H19NOS. The fourth-order valence-electron chi connectivity index (χ4n) is 1.40. The van der Waals surface area contributed by atoms with Gasteiger partial charge in [-0.25, -0.2) is 0 Å². The minimum Gasteiger partial charge on any atom is -0.330 e. The Morgan fingerprint density at radius 2 is 2.00 bits per heavy atom. The lowest BCUT2D eigenvalue weighted by Crippen LogP contribution is -2.26. The van der Waals surface area contributed by atoms with Gasteiger partial charge in [-0.05, 0) is 18.9 Å². The zero-order valence-electron chi connectivity index (χ0n) is 10.1. The quantitative estimate of drug-likeness (QED) is 0.790. The van der Waals surface area contributed by atoms with Gasteiger partial charge in [-0.15, -0.1) is 0 Å². The van der Waals surface area contributed by atoms with Crippen LogP contribution < -0.4 is 0 Å². The minimum absolute atomic E-state index is 0.137. The smallest absolute Gasteiger partial charge is 0.281 e. The molecule has 1 aromatic carbocycles. The first-order valence-electron chi connectivity index (χ1n) is 5.61. The Kier molecular flexibility index (Phi) is 5.39. The highest BCUT2D eigenvalue weighted by Crippen LogP contribution is 2.22. The molecular weight excluding hydrogens is 218 g/mol. The van der Waals surface area contributed by atoms with E-state index in [1.54, 1.807) is 4.90 Å². The van der Waals surface area contributed by atoms with Gasteiger partial charge in [0, 0.05) is 12.8 Å². The summed E-state index contributed by atoms with van der Waals surface area (Å²) in [5, 5.41) is 0.151. The van der Waals surface area contributed by atoms with E-state index >= 15 is 0 Å². The second-order valence-corrected chi connectivity index (χ2v) is 4.86. The Labute approximate surface area is 102 Å². The number of carbonyl (C=O) groups excluding carboxylic acids is 1. The molecule has 16 heavy (non-hydrogen) atoms. The SMILES string of the molecule is CCCSC(=O)N(C)C(C)c1ccccc1. The number of hydrogen-bond acceptors (Lipinski definition) is 2. The summed E-state index contributed by atoms with van der Waals surface area (Å²) in [6.45, 7) is 4.14. The monoisotopic (exact) mass is 237 g/mol. The Balaban J connectivity index is 2.60. The van der Waals surface area contributed by atoms with Gasteiger partial charge in [0.25, 0.3) is 5.24 Å². The highest BCUT2D eigenvalue weighted by Gasteiger charge is 2.16. The maximum Gasteiger partial charge on any atom is 0.281 e. The number of benzene rings is 1. The van der Waals surface area contributed by atoms with Crippen LogP contribution in [0.2, 0.25) is 0 Å². The first-order valence-corrected chi connectivity index (χ1v) is 6.60. The molecule has 0 bridgehead atoms. The summed E-state index contributed by atoms with van der Waals surface area (Å²) >= 11 is 1.39. The molecule has 1 amide bonds. The van der Waals surface area contributed by atoms with Crippen LogP contribution in [0.5, 0.6) is 0 Å². The van der Waals surface area contributed by atoms with Crippen molar-refractivity contribution in [2.24, 2.45) is 0 Å². The second kappa shape index (κ2) is 6.59. The van der Waals surface area contributed by atoms with Crippen LogP contribution in [-0.2, 0) is 0 Å². The number of nitrogens with zero attached hydrogens (tertiary/aromatic N) is 1. The van der Waals surface area contributed by atoms with Gasteiger partial charge in [-0.3, -0.25) is 4.79 Å². The average molecular weight is 237 g/mol. The van der Waals surface area contributed by atoms with Gasteiger partial charge >= 0.3 is 0 Å². The van der Waals surface area contributed by atoms with E-state index in [-0.39, 0.29) is 11.3 Å². The van der Waals surface area contributed by atoms with E-state index in [0.29, 0.717) is 0 Å². The van der Waals surface area contributed by atoms with Gasteiger partial charge < -0.3 is 4.90 Å². The molecule has 0 heterocycles. The van der Waals surface area contributed by atoms with Crippen molar-refractivity contribution in [3.63, 3.8) is 0 Å². The Bertz CT molecular complexity index is 326. The fourth-order valence-corrected chi connectivity index (χ4v) is 2.14. The normalized spacial score (nSPS) is 12.2. The van der Waals surface area contributed by atoms with Gasteiger partial charge in [-0.1, -0.05) is 49.0 Å². The van der Waals surface area contributed by atoms with E-state index < -0.39 is 0 Å². The Morgan fingerprint density at radius 3 is 2.56 bits per heavy atom. The van der Waals surface area contributed by atoms with Crippen LogP contribution >= 0.6 is 11.8 Å². The number of carbonyl (C=O) groups is 1. The van der Waals surface area contributed by atoms with Crippen LogP contribution in [0.4, 0.5) is 4.79 Å². The van der Waals surface area contributed by atoms with E-state index in [1.165, 1.54) is 17.3 Å². The molecule has 0 aliphatic rings. The van der Waals surface area contributed by atoms with E-state index in [0.717, 1.165) is 12.2 Å². The molecule has 0 N–H and O–H groups in total. The summed E-state index contributed by atoms with van der Waals surface area (Å²) in [6.07, 6.45) is 1.03. The number of rotatable bonds is 4. The molecule has 0 fully saturated rings. The molecule has 1 unspecified atom stereocenters. The predicted octanol–water partition coefficient (Wildman–Crippen LogP) is 3.94. The van der Waals surface area contributed by atoms with E-state index in [4.69, 9.17) is 0 Å². The van der Waals surface area contributed by atoms with Gasteiger partial charge in [0.2, 0.25) is 0 Å². The lowest BCUT2D eigenvalue weighted by molar-refractivity contribution is 0.220. The molecule has 1 rings (SSSR count). The van der Waals surface area contributed by atoms with Gasteiger partial charge in [0.1, 0.15) is 0 Å². The number of hydrogen-bond donors (Lipinski definition) is 0. The lowest BCUT2D eigenvalue weighted by atomic mass is 10.1. The predicted molar refractivity (Wildman–Crippen MR) is 70.8 cm³/mol. The molecule has 0 aliphatic heterocycles. The molecule has 0 radical (unpaired) electrons. The van der Waals surface area contributed by atoms with Crippen LogP contribution in [0.15, 0.2) is 30.3 Å². The van der Waals surface area contributed by atoms with E-state index in [9.17, 15) is 4.79 Å². The van der Waals surface area contributed by atoms with E-state index in [2.05, 4.69) is 26.0 Å². The maximum absolute atomic E-state index is 11.8. The first kappa shape index (κ1) is 13.1. The van der Waals surface area contributed by atoms with Crippen LogP contribution in [0.1, 0.15) is 31.9 Å². The second-order valence-electron chi connectivity index (χ2n) is 3.81. The van der Waals surface area contributed by atoms with Crippen molar-refractivity contribution in [3.05, 3.63) is 35.9 Å². The maximum atomic E-state index is 11.8. The van der Waals surface area contributed by atoms with Crippen molar-refractivity contribution >= 4 is 17.0 Å². The van der Waals surface area contributed by atoms with Crippen LogP contribution in [0, 0.1) is 0 Å². The molecule has 1 atom stereocenters. The zero-order valence-corrected chi connectivity index (χ0v) is 11.0. The van der Waals surface area contributed by atoms with Crippen molar-refractivity contribution in [3.8, 4) is 0 Å². The van der Waals surface area contributed by atoms with Crippen LogP contribution in [-0.4, -0.2) is 22.9 Å². The third kappa shape index (κ3) is 3.56. The highest BCUT2D eigenvalue weighted by atomic mass is 32.2. The van der Waals surface area contributed by atoms with Gasteiger partial charge in [0.15, 0.2) is 0 Å². The lowest BCUT2D eigenvalue weighted by Gasteiger charge is -2.24. The summed E-state index contributed by atoms with van der Waals surface area (Å²) < 4.78 is 0. The average Bonchev–Trinajstić information content (AvgIpc) is 2.35. The molecule has 2 nitrogen and oxygen atoms in total. The third-order valence-electron chi connectivity index (χ3n) is 2.58.